The van der Waals surface area contributed by atoms with Gasteiger partial charge >= 0.3 is 5.97 Å². The SMILES string of the molecule is CCOC(=O)C=C(C)CC(C=C(C)c1ccc(O[Si](C)(C)C(C)(C)C)c(C23CC4CC(CC(C4)C2)C3)c1)S(=O)(=O)c1ccccc1. The fraction of sp³-hybridized carbons (Fsp3) is 0.564. The van der Waals surface area contributed by atoms with Gasteiger partial charge in [0.25, 0.3) is 0 Å². The molecule has 0 spiro atoms. The molecular formula is C39H54O5SSi. The van der Waals surface area contributed by atoms with E-state index in [0.717, 1.165) is 34.6 Å². The fourth-order valence-electron chi connectivity index (χ4n) is 8.33. The molecule has 0 aliphatic heterocycles. The summed E-state index contributed by atoms with van der Waals surface area (Å²) in [5.74, 6) is 2.96. The zero-order valence-corrected chi connectivity index (χ0v) is 31.0. The van der Waals surface area contributed by atoms with E-state index < -0.39 is 29.4 Å². The van der Waals surface area contributed by atoms with Gasteiger partial charge in [-0.15, -0.1) is 0 Å². The van der Waals surface area contributed by atoms with E-state index in [1.807, 2.05) is 19.1 Å². The summed E-state index contributed by atoms with van der Waals surface area (Å²) in [4.78, 5) is 12.5. The Bertz CT molecular complexity index is 1560. The molecule has 0 saturated heterocycles. The number of hydrogen-bond donors (Lipinski definition) is 0. The van der Waals surface area contributed by atoms with Crippen LogP contribution in [0.25, 0.3) is 5.57 Å². The second-order valence-corrected chi connectivity index (χ2v) is 22.9. The summed E-state index contributed by atoms with van der Waals surface area (Å²) in [6.07, 6.45) is 11.3. The Morgan fingerprint density at radius 2 is 1.57 bits per heavy atom. The second-order valence-electron chi connectivity index (χ2n) is 16.0. The molecular weight excluding hydrogens is 609 g/mol. The lowest BCUT2D eigenvalue weighted by atomic mass is 9.48. The number of esters is 1. The minimum absolute atomic E-state index is 0.0776. The van der Waals surface area contributed by atoms with E-state index >= 15 is 0 Å². The van der Waals surface area contributed by atoms with Crippen molar-refractivity contribution in [1.82, 2.24) is 0 Å². The van der Waals surface area contributed by atoms with Crippen molar-refractivity contribution in [2.24, 2.45) is 17.8 Å². The number of hydrogen-bond acceptors (Lipinski definition) is 5. The highest BCUT2D eigenvalue weighted by Gasteiger charge is 2.53. The third-order valence-corrected chi connectivity index (χ3v) is 17.7. The van der Waals surface area contributed by atoms with Crippen LogP contribution in [0.2, 0.25) is 18.1 Å². The molecule has 4 fully saturated rings. The van der Waals surface area contributed by atoms with Gasteiger partial charge in [-0.25, -0.2) is 13.2 Å². The minimum atomic E-state index is -3.73. The first-order valence-corrected chi connectivity index (χ1v) is 21.6. The Labute approximate surface area is 278 Å². The van der Waals surface area contributed by atoms with Crippen LogP contribution in [0.5, 0.6) is 5.75 Å². The molecule has 4 saturated carbocycles. The highest BCUT2D eigenvalue weighted by molar-refractivity contribution is 7.92. The van der Waals surface area contributed by atoms with Gasteiger partial charge in [0.15, 0.2) is 9.84 Å². The van der Waals surface area contributed by atoms with Crippen molar-refractivity contribution in [1.29, 1.82) is 0 Å². The zero-order valence-electron chi connectivity index (χ0n) is 29.2. The average Bonchev–Trinajstić information content (AvgIpc) is 2.96. The first kappa shape index (κ1) is 34.7. The third-order valence-electron chi connectivity index (χ3n) is 11.3. The summed E-state index contributed by atoms with van der Waals surface area (Å²) in [6, 6.07) is 15.2. The van der Waals surface area contributed by atoms with Crippen molar-refractivity contribution in [2.45, 2.75) is 120 Å². The van der Waals surface area contributed by atoms with Gasteiger partial charge in [0.2, 0.25) is 8.32 Å². The van der Waals surface area contributed by atoms with Gasteiger partial charge in [-0.2, -0.15) is 0 Å². The lowest BCUT2D eigenvalue weighted by Crippen LogP contribution is -2.49. The number of ether oxygens (including phenoxy) is 1. The Morgan fingerprint density at radius 1 is 0.978 bits per heavy atom. The molecule has 7 heteroatoms. The molecule has 1 atom stereocenters. The van der Waals surface area contributed by atoms with Crippen molar-refractivity contribution in [3.63, 3.8) is 0 Å². The van der Waals surface area contributed by atoms with Crippen LogP contribution in [0.1, 0.15) is 97.6 Å². The van der Waals surface area contributed by atoms with Gasteiger partial charge < -0.3 is 9.16 Å². The number of rotatable bonds is 11. The summed E-state index contributed by atoms with van der Waals surface area (Å²) in [6.45, 7) is 17.4. The van der Waals surface area contributed by atoms with E-state index in [-0.39, 0.29) is 28.4 Å². The van der Waals surface area contributed by atoms with Crippen molar-refractivity contribution in [3.8, 4) is 5.75 Å². The molecule has 1 unspecified atom stereocenters. The van der Waals surface area contributed by atoms with Crippen LogP contribution < -0.4 is 4.43 Å². The van der Waals surface area contributed by atoms with Crippen molar-refractivity contribution < 1.29 is 22.4 Å². The maximum absolute atomic E-state index is 14.0. The molecule has 0 amide bonds. The molecule has 250 valence electrons. The normalized spacial score (nSPS) is 25.8. The lowest BCUT2D eigenvalue weighted by molar-refractivity contribution is -0.137. The second kappa shape index (κ2) is 13.1. The smallest absolute Gasteiger partial charge is 0.330 e. The number of allylic oxidation sites excluding steroid dienone is 2. The van der Waals surface area contributed by atoms with E-state index in [1.54, 1.807) is 38.1 Å². The summed E-state index contributed by atoms with van der Waals surface area (Å²) >= 11 is 0. The number of benzene rings is 2. The molecule has 0 radical (unpaired) electrons. The van der Waals surface area contributed by atoms with Gasteiger partial charge in [0.05, 0.1) is 16.8 Å². The predicted molar refractivity (Wildman–Crippen MR) is 190 cm³/mol. The average molecular weight is 663 g/mol. The van der Waals surface area contributed by atoms with Gasteiger partial charge in [-0.05, 0) is 148 Å². The van der Waals surface area contributed by atoms with E-state index in [9.17, 15) is 13.2 Å². The first-order valence-electron chi connectivity index (χ1n) is 17.2. The van der Waals surface area contributed by atoms with Crippen LogP contribution in [0.3, 0.4) is 0 Å². The van der Waals surface area contributed by atoms with Crippen LogP contribution in [0.4, 0.5) is 0 Å². The van der Waals surface area contributed by atoms with Crippen molar-refractivity contribution >= 4 is 29.7 Å². The molecule has 4 aliphatic rings. The van der Waals surface area contributed by atoms with E-state index in [1.165, 1.54) is 50.2 Å². The maximum atomic E-state index is 14.0. The van der Waals surface area contributed by atoms with Gasteiger partial charge in [0.1, 0.15) is 5.75 Å². The summed E-state index contributed by atoms with van der Waals surface area (Å²) in [7, 11) is -5.83. The monoisotopic (exact) mass is 662 g/mol. The molecule has 46 heavy (non-hydrogen) atoms. The van der Waals surface area contributed by atoms with E-state index in [2.05, 4.69) is 52.1 Å². The van der Waals surface area contributed by atoms with Gasteiger partial charge in [-0.1, -0.05) is 56.7 Å². The molecule has 4 aliphatic carbocycles. The van der Waals surface area contributed by atoms with Crippen molar-refractivity contribution in [2.75, 3.05) is 6.61 Å². The topological polar surface area (TPSA) is 69.7 Å². The number of carbonyl (C=O) groups is 1. The Morgan fingerprint density at radius 3 is 2.11 bits per heavy atom. The molecule has 6 rings (SSSR count). The Kier molecular flexibility index (Phi) is 9.88. The highest BCUT2D eigenvalue weighted by atomic mass is 32.2. The van der Waals surface area contributed by atoms with Gasteiger partial charge in [0, 0.05) is 6.08 Å². The third kappa shape index (κ3) is 7.25. The number of carbonyl (C=O) groups excluding carboxylic acids is 1. The Hall–Kier alpha value is -2.64. The summed E-state index contributed by atoms with van der Waals surface area (Å²) in [5, 5.41) is -0.763. The van der Waals surface area contributed by atoms with Crippen LogP contribution >= 0.6 is 0 Å². The van der Waals surface area contributed by atoms with Crippen LogP contribution in [-0.4, -0.2) is 34.6 Å². The van der Waals surface area contributed by atoms with Gasteiger partial charge in [-0.3, -0.25) is 0 Å². The van der Waals surface area contributed by atoms with Crippen LogP contribution in [-0.2, 0) is 24.8 Å². The number of sulfone groups is 1. The van der Waals surface area contributed by atoms with Crippen LogP contribution in [0.15, 0.2) is 71.2 Å². The molecule has 2 aromatic carbocycles. The first-order chi connectivity index (χ1) is 21.5. The lowest BCUT2D eigenvalue weighted by Gasteiger charge is -2.57. The molecule has 4 bridgehead atoms. The maximum Gasteiger partial charge on any atom is 0.330 e. The quantitative estimate of drug-likeness (QED) is 0.136. The largest absolute Gasteiger partial charge is 0.543 e. The Balaban J connectivity index is 1.58. The minimum Gasteiger partial charge on any atom is -0.543 e. The standard InChI is InChI=1S/C39H54O5SSi/c1-9-43-37(40)18-27(2)17-34(45(41,42)33-13-11-10-12-14-33)19-28(3)32-15-16-36(44-46(7,8)38(4,5)6)35(23-32)39-24-29-20-30(25-39)22-31(21-29)26-39/h10-16,18-19,23,29-31,34H,9,17,20-22,24-26H2,1-8H3. The predicted octanol–water partition coefficient (Wildman–Crippen LogP) is 9.68. The molecule has 2 aromatic rings. The van der Waals surface area contributed by atoms with Crippen LogP contribution in [0, 0.1) is 17.8 Å². The molecule has 0 heterocycles. The van der Waals surface area contributed by atoms with E-state index in [4.69, 9.17) is 9.16 Å². The zero-order chi connectivity index (χ0) is 33.5. The molecule has 0 N–H and O–H groups in total. The fourth-order valence-corrected chi connectivity index (χ4v) is 11.1. The molecule has 5 nitrogen and oxygen atoms in total. The summed E-state index contributed by atoms with van der Waals surface area (Å²) < 4.78 is 40.3. The highest BCUT2D eigenvalue weighted by Crippen LogP contribution is 2.62. The van der Waals surface area contributed by atoms with E-state index in [0.29, 0.717) is 5.57 Å². The summed E-state index contributed by atoms with van der Waals surface area (Å²) in [5.41, 5.74) is 4.07. The van der Waals surface area contributed by atoms with Crippen molar-refractivity contribution in [3.05, 3.63) is 77.4 Å². The molecule has 0 aromatic heterocycles.